The Morgan fingerprint density at radius 1 is 1.50 bits per heavy atom. The van der Waals surface area contributed by atoms with Crippen LogP contribution in [-0.2, 0) is 0 Å². The number of likely N-dealkylation sites (N-methyl/N-ethyl adjacent to an activating group) is 1. The second-order valence-electron chi connectivity index (χ2n) is 4.63. The number of carbonyl (C=O) groups excluding carboxylic acids is 1. The van der Waals surface area contributed by atoms with E-state index in [9.17, 15) is 9.18 Å². The van der Waals surface area contributed by atoms with E-state index in [4.69, 9.17) is 0 Å². The van der Waals surface area contributed by atoms with Crippen molar-refractivity contribution in [1.29, 1.82) is 0 Å². The van der Waals surface area contributed by atoms with Gasteiger partial charge in [-0.25, -0.2) is 4.39 Å². The Labute approximate surface area is 107 Å². The third-order valence-electron chi connectivity index (χ3n) is 3.31. The molecule has 0 aromatic heterocycles. The van der Waals surface area contributed by atoms with Gasteiger partial charge in [-0.05, 0) is 31.5 Å². The van der Waals surface area contributed by atoms with E-state index in [2.05, 4.69) is 12.2 Å². The highest BCUT2D eigenvalue weighted by atomic mass is 19.1. The predicted molar refractivity (Wildman–Crippen MR) is 69.0 cm³/mol. The molecule has 98 valence electrons. The molecule has 3 nitrogen and oxygen atoms in total. The number of amides is 1. The van der Waals surface area contributed by atoms with Gasteiger partial charge in [0, 0.05) is 19.1 Å². The summed E-state index contributed by atoms with van der Waals surface area (Å²) >= 11 is 0. The summed E-state index contributed by atoms with van der Waals surface area (Å²) in [6.07, 6.45) is 2.05. The Morgan fingerprint density at radius 3 is 3.00 bits per heavy atom. The van der Waals surface area contributed by atoms with E-state index in [1.165, 1.54) is 6.07 Å². The first kappa shape index (κ1) is 13.0. The van der Waals surface area contributed by atoms with Crippen LogP contribution >= 0.6 is 0 Å². The topological polar surface area (TPSA) is 32.3 Å². The lowest BCUT2D eigenvalue weighted by atomic mass is 10.0. The van der Waals surface area contributed by atoms with Crippen LogP contribution in [0.1, 0.15) is 30.1 Å². The molecule has 1 amide bonds. The van der Waals surface area contributed by atoms with Crippen molar-refractivity contribution in [2.75, 3.05) is 19.6 Å². The van der Waals surface area contributed by atoms with Gasteiger partial charge in [0.05, 0.1) is 5.56 Å². The molecule has 4 heteroatoms. The standard InChI is InChI=1S/C14H19FN2O/c1-2-16-11-6-5-9-17(10-11)14(18)12-7-3-4-8-13(12)15/h3-4,7-8,11,16H,2,5-6,9-10H2,1H3. The quantitative estimate of drug-likeness (QED) is 0.890. The Kier molecular flexibility index (Phi) is 4.31. The van der Waals surface area contributed by atoms with Gasteiger partial charge in [0.1, 0.15) is 5.82 Å². The molecule has 0 bridgehead atoms. The van der Waals surface area contributed by atoms with Gasteiger partial charge in [0.15, 0.2) is 0 Å². The van der Waals surface area contributed by atoms with E-state index < -0.39 is 5.82 Å². The maximum absolute atomic E-state index is 13.6. The molecule has 0 spiro atoms. The minimum atomic E-state index is -0.437. The van der Waals surface area contributed by atoms with Crippen LogP contribution in [0.2, 0.25) is 0 Å². The average Bonchev–Trinajstić information content (AvgIpc) is 2.39. The van der Waals surface area contributed by atoms with Crippen molar-refractivity contribution in [3.8, 4) is 0 Å². The summed E-state index contributed by atoms with van der Waals surface area (Å²) in [5.41, 5.74) is 0.176. The van der Waals surface area contributed by atoms with Crippen LogP contribution in [0, 0.1) is 5.82 Å². The zero-order valence-corrected chi connectivity index (χ0v) is 10.7. The third kappa shape index (κ3) is 2.88. The van der Waals surface area contributed by atoms with Gasteiger partial charge < -0.3 is 10.2 Å². The van der Waals surface area contributed by atoms with Gasteiger partial charge in [0.25, 0.3) is 5.91 Å². The first-order chi connectivity index (χ1) is 8.72. The first-order valence-corrected chi connectivity index (χ1v) is 6.49. The SMILES string of the molecule is CCNC1CCCN(C(=O)c2ccccc2F)C1. The molecule has 18 heavy (non-hydrogen) atoms. The van der Waals surface area contributed by atoms with Crippen molar-refractivity contribution in [1.82, 2.24) is 10.2 Å². The second-order valence-corrected chi connectivity index (χ2v) is 4.63. The predicted octanol–water partition coefficient (Wildman–Crippen LogP) is 2.04. The van der Waals surface area contributed by atoms with Crippen molar-refractivity contribution in [3.63, 3.8) is 0 Å². The van der Waals surface area contributed by atoms with Crippen LogP contribution in [0.4, 0.5) is 4.39 Å². The number of hydrogen-bond donors (Lipinski definition) is 1. The van der Waals surface area contributed by atoms with Crippen molar-refractivity contribution in [2.45, 2.75) is 25.8 Å². The molecule has 1 fully saturated rings. The summed E-state index contributed by atoms with van der Waals surface area (Å²) in [5.74, 6) is -0.635. The minimum absolute atomic E-state index is 0.176. The molecular weight excluding hydrogens is 231 g/mol. The number of nitrogens with zero attached hydrogens (tertiary/aromatic N) is 1. The molecule has 1 aliphatic rings. The molecule has 0 saturated carbocycles. The maximum atomic E-state index is 13.6. The molecule has 2 rings (SSSR count). The fourth-order valence-electron chi connectivity index (χ4n) is 2.42. The third-order valence-corrected chi connectivity index (χ3v) is 3.31. The average molecular weight is 250 g/mol. The number of halogens is 1. The molecule has 0 radical (unpaired) electrons. The molecule has 1 aromatic rings. The summed E-state index contributed by atoms with van der Waals surface area (Å²) in [6.45, 7) is 4.33. The van der Waals surface area contributed by atoms with E-state index in [-0.39, 0.29) is 11.5 Å². The lowest BCUT2D eigenvalue weighted by Crippen LogP contribution is -2.48. The molecule has 1 aromatic carbocycles. The van der Waals surface area contributed by atoms with Crippen molar-refractivity contribution >= 4 is 5.91 Å². The molecule has 1 unspecified atom stereocenters. The van der Waals surface area contributed by atoms with Crippen molar-refractivity contribution in [3.05, 3.63) is 35.6 Å². The first-order valence-electron chi connectivity index (χ1n) is 6.49. The van der Waals surface area contributed by atoms with Crippen LogP contribution in [-0.4, -0.2) is 36.5 Å². The number of piperidine rings is 1. The Bertz CT molecular complexity index is 420. The van der Waals surface area contributed by atoms with E-state index >= 15 is 0 Å². The fourth-order valence-corrected chi connectivity index (χ4v) is 2.42. The number of likely N-dealkylation sites (tertiary alicyclic amines) is 1. The second kappa shape index (κ2) is 5.96. The van der Waals surface area contributed by atoms with Crippen LogP contribution in [0.5, 0.6) is 0 Å². The highest BCUT2D eigenvalue weighted by molar-refractivity contribution is 5.94. The van der Waals surface area contributed by atoms with Gasteiger partial charge in [0.2, 0.25) is 0 Å². The number of carbonyl (C=O) groups is 1. The molecular formula is C14H19FN2O. The molecule has 1 aliphatic heterocycles. The lowest BCUT2D eigenvalue weighted by Gasteiger charge is -2.33. The van der Waals surface area contributed by atoms with E-state index in [0.29, 0.717) is 12.6 Å². The van der Waals surface area contributed by atoms with Crippen LogP contribution in [0.3, 0.4) is 0 Å². The number of nitrogens with one attached hydrogen (secondary N) is 1. The van der Waals surface area contributed by atoms with Crippen LogP contribution in [0.25, 0.3) is 0 Å². The van der Waals surface area contributed by atoms with E-state index in [0.717, 1.165) is 25.9 Å². The van der Waals surface area contributed by atoms with E-state index in [1.807, 2.05) is 0 Å². The molecule has 1 saturated heterocycles. The molecule has 1 N–H and O–H groups in total. The van der Waals surface area contributed by atoms with Gasteiger partial charge in [-0.15, -0.1) is 0 Å². The van der Waals surface area contributed by atoms with Gasteiger partial charge in [-0.3, -0.25) is 4.79 Å². The fraction of sp³-hybridized carbons (Fsp3) is 0.500. The largest absolute Gasteiger partial charge is 0.337 e. The summed E-state index contributed by atoms with van der Waals surface area (Å²) in [7, 11) is 0. The highest BCUT2D eigenvalue weighted by Crippen LogP contribution is 2.15. The summed E-state index contributed by atoms with van der Waals surface area (Å²) in [4.78, 5) is 14.0. The summed E-state index contributed by atoms with van der Waals surface area (Å²) in [6, 6.07) is 6.51. The highest BCUT2D eigenvalue weighted by Gasteiger charge is 2.25. The maximum Gasteiger partial charge on any atom is 0.256 e. The lowest BCUT2D eigenvalue weighted by molar-refractivity contribution is 0.0691. The van der Waals surface area contributed by atoms with Crippen molar-refractivity contribution in [2.24, 2.45) is 0 Å². The normalized spacial score (nSPS) is 19.9. The molecule has 1 atom stereocenters. The Morgan fingerprint density at radius 2 is 2.28 bits per heavy atom. The minimum Gasteiger partial charge on any atom is -0.337 e. The van der Waals surface area contributed by atoms with Gasteiger partial charge in [-0.1, -0.05) is 19.1 Å². The number of hydrogen-bond acceptors (Lipinski definition) is 2. The zero-order chi connectivity index (χ0) is 13.0. The zero-order valence-electron chi connectivity index (χ0n) is 10.7. The number of benzene rings is 1. The Hall–Kier alpha value is -1.42. The monoisotopic (exact) mass is 250 g/mol. The molecule has 0 aliphatic carbocycles. The van der Waals surface area contributed by atoms with Crippen molar-refractivity contribution < 1.29 is 9.18 Å². The van der Waals surface area contributed by atoms with E-state index in [1.54, 1.807) is 23.1 Å². The smallest absolute Gasteiger partial charge is 0.256 e. The van der Waals surface area contributed by atoms with Crippen LogP contribution < -0.4 is 5.32 Å². The Balaban J connectivity index is 2.07. The molecule has 1 heterocycles. The summed E-state index contributed by atoms with van der Waals surface area (Å²) in [5, 5.41) is 3.35. The summed E-state index contributed by atoms with van der Waals surface area (Å²) < 4.78 is 13.6. The van der Waals surface area contributed by atoms with Gasteiger partial charge in [-0.2, -0.15) is 0 Å². The number of rotatable bonds is 3. The van der Waals surface area contributed by atoms with Crippen LogP contribution in [0.15, 0.2) is 24.3 Å². The van der Waals surface area contributed by atoms with Gasteiger partial charge >= 0.3 is 0 Å².